The zero-order valence-electron chi connectivity index (χ0n) is 17.7. The van der Waals surface area contributed by atoms with Crippen molar-refractivity contribution in [1.29, 1.82) is 0 Å². The van der Waals surface area contributed by atoms with E-state index in [1.165, 1.54) is 19.3 Å². The van der Waals surface area contributed by atoms with Gasteiger partial charge in [-0.3, -0.25) is 0 Å². The quantitative estimate of drug-likeness (QED) is 0.584. The lowest BCUT2D eigenvalue weighted by Gasteiger charge is -2.50. The molecule has 0 aromatic carbocycles. The second kappa shape index (κ2) is 9.19. The molecule has 3 saturated heterocycles. The molecule has 6 nitrogen and oxygen atoms in total. The monoisotopic (exact) mass is 435 g/mol. The predicted octanol–water partition coefficient (Wildman–Crippen LogP) is 1.78. The van der Waals surface area contributed by atoms with Gasteiger partial charge in [0.2, 0.25) is 0 Å². The summed E-state index contributed by atoms with van der Waals surface area (Å²) in [6.07, 6.45) is 5.61. The Kier molecular flexibility index (Phi) is 6.97. The first-order chi connectivity index (χ1) is 14.4. The van der Waals surface area contributed by atoms with Gasteiger partial charge in [0, 0.05) is 45.7 Å². The van der Waals surface area contributed by atoms with E-state index in [4.69, 9.17) is 14.2 Å². The van der Waals surface area contributed by atoms with Crippen LogP contribution in [0.25, 0.3) is 0 Å². The van der Waals surface area contributed by atoms with Crippen molar-refractivity contribution in [3.8, 4) is 0 Å². The van der Waals surface area contributed by atoms with Crippen LogP contribution in [-0.4, -0.2) is 88.0 Å². The minimum atomic E-state index is -2.60. The molecular weight excluding hydrogens is 399 g/mol. The van der Waals surface area contributed by atoms with Crippen molar-refractivity contribution < 1.29 is 27.4 Å². The zero-order valence-corrected chi connectivity index (χ0v) is 17.7. The van der Waals surface area contributed by atoms with E-state index < -0.39 is 17.2 Å². The predicted molar refractivity (Wildman–Crippen MR) is 107 cm³/mol. The summed E-state index contributed by atoms with van der Waals surface area (Å²) in [5, 5.41) is 9.40. The fourth-order valence-electron chi connectivity index (χ4n) is 4.59. The molecule has 9 heteroatoms. The van der Waals surface area contributed by atoms with Gasteiger partial charge in [-0.2, -0.15) is 0 Å². The summed E-state index contributed by atoms with van der Waals surface area (Å²) in [6.45, 7) is 6.68. The molecule has 6 fully saturated rings. The van der Waals surface area contributed by atoms with Gasteiger partial charge in [-0.05, 0) is 38.5 Å². The lowest BCUT2D eigenvalue weighted by molar-refractivity contribution is -0.277. The van der Waals surface area contributed by atoms with Gasteiger partial charge in [0.05, 0.1) is 25.4 Å². The minimum absolute atomic E-state index is 0.0192. The maximum Gasteiger partial charge on any atom is 0.277 e. The number of alkyl halides is 3. The highest BCUT2D eigenvalue weighted by molar-refractivity contribution is 5.07. The van der Waals surface area contributed by atoms with Crippen LogP contribution < -0.4 is 16.0 Å². The Morgan fingerprint density at radius 2 is 1.40 bits per heavy atom. The van der Waals surface area contributed by atoms with Crippen molar-refractivity contribution in [2.45, 2.75) is 73.8 Å². The lowest BCUT2D eigenvalue weighted by Crippen LogP contribution is -2.66. The van der Waals surface area contributed by atoms with Gasteiger partial charge in [0.15, 0.2) is 0 Å². The van der Waals surface area contributed by atoms with E-state index in [2.05, 4.69) is 16.0 Å². The summed E-state index contributed by atoms with van der Waals surface area (Å²) in [5.41, 5.74) is -1.82. The van der Waals surface area contributed by atoms with Crippen LogP contribution in [0, 0.1) is 0 Å². The van der Waals surface area contributed by atoms with E-state index in [1.807, 2.05) is 0 Å². The topological polar surface area (TPSA) is 63.8 Å². The van der Waals surface area contributed by atoms with E-state index in [0.717, 1.165) is 26.2 Å². The third-order valence-corrected chi connectivity index (χ3v) is 7.21. The molecule has 0 amide bonds. The van der Waals surface area contributed by atoms with Gasteiger partial charge in [0.1, 0.15) is 17.4 Å². The summed E-state index contributed by atoms with van der Waals surface area (Å²) >= 11 is 0. The Bertz CT molecular complexity index is 553. The van der Waals surface area contributed by atoms with Crippen LogP contribution in [0.15, 0.2) is 0 Å². The largest absolute Gasteiger partial charge is 0.372 e. The summed E-state index contributed by atoms with van der Waals surface area (Å²) < 4.78 is 55.1. The minimum Gasteiger partial charge on any atom is -0.372 e. The molecule has 0 aromatic heterocycles. The van der Waals surface area contributed by atoms with Crippen LogP contribution >= 0.6 is 0 Å². The van der Waals surface area contributed by atoms with Gasteiger partial charge in [-0.15, -0.1) is 0 Å². The highest BCUT2D eigenvalue weighted by Crippen LogP contribution is 2.49. The third-order valence-electron chi connectivity index (χ3n) is 7.21. The molecule has 2 spiro atoms. The van der Waals surface area contributed by atoms with Crippen molar-refractivity contribution in [3.05, 3.63) is 0 Å². The van der Waals surface area contributed by atoms with Crippen LogP contribution in [0.5, 0.6) is 0 Å². The highest BCUT2D eigenvalue weighted by Gasteiger charge is 2.63. The molecule has 30 heavy (non-hydrogen) atoms. The number of hydrogen-bond donors (Lipinski definition) is 3. The second-order valence-corrected chi connectivity index (χ2v) is 9.38. The first-order valence-electron chi connectivity index (χ1n) is 11.5. The Morgan fingerprint density at radius 1 is 0.700 bits per heavy atom. The summed E-state index contributed by atoms with van der Waals surface area (Å²) in [6, 6.07) is 0. The van der Waals surface area contributed by atoms with Gasteiger partial charge in [0.25, 0.3) is 5.92 Å². The fourth-order valence-corrected chi connectivity index (χ4v) is 4.59. The van der Waals surface area contributed by atoms with Crippen molar-refractivity contribution in [3.63, 3.8) is 0 Å². The molecule has 3 aliphatic carbocycles. The standard InChI is InChI=1S/C7H11F2NO.C7H12FNO.C7H13NO/c8-7(9)2-1-6(7)5-10-3-4-11-6;8-7(1-2-7)6-5-9-3-4-10-6;1-2-7(3-1)6-8-4-5-9-7/h10H,1-5H2;6,9H,1-5H2;8H,1-6H2/t;6-;/m.0./s1. The normalized spacial score (nSPS) is 37.5. The molecule has 0 bridgehead atoms. The van der Waals surface area contributed by atoms with Gasteiger partial charge in [-0.1, -0.05) is 0 Å². The van der Waals surface area contributed by atoms with Crippen LogP contribution in [0.2, 0.25) is 0 Å². The Labute approximate surface area is 177 Å². The number of halogens is 3. The van der Waals surface area contributed by atoms with E-state index >= 15 is 0 Å². The highest BCUT2D eigenvalue weighted by atomic mass is 19.3. The Balaban J connectivity index is 0.000000109. The van der Waals surface area contributed by atoms with Crippen molar-refractivity contribution in [2.75, 3.05) is 59.1 Å². The maximum atomic E-state index is 13.2. The van der Waals surface area contributed by atoms with Crippen LogP contribution in [0.1, 0.15) is 44.9 Å². The van der Waals surface area contributed by atoms with Crippen LogP contribution in [0.4, 0.5) is 13.2 Å². The molecule has 3 N–H and O–H groups in total. The number of nitrogens with one attached hydrogen (secondary N) is 3. The number of morpholine rings is 3. The molecule has 3 heterocycles. The molecule has 1 unspecified atom stereocenters. The molecule has 174 valence electrons. The molecule has 3 aliphatic heterocycles. The molecule has 6 aliphatic rings. The first kappa shape index (κ1) is 22.7. The van der Waals surface area contributed by atoms with E-state index in [9.17, 15) is 13.2 Å². The van der Waals surface area contributed by atoms with Gasteiger partial charge in [-0.25, -0.2) is 13.2 Å². The molecule has 0 radical (unpaired) electrons. The first-order valence-corrected chi connectivity index (χ1v) is 11.5. The summed E-state index contributed by atoms with van der Waals surface area (Å²) in [7, 11) is 0. The average Bonchev–Trinajstić information content (AvgIpc) is 3.53. The molecular formula is C21H36F3N3O3. The summed E-state index contributed by atoms with van der Waals surface area (Å²) in [5.74, 6) is -2.60. The SMILES string of the molecule is C1CC2(C1)CNCCO2.FC1(F)CCC12CNCCO2.FC1([C@@H]2CNCCO2)CC1. The maximum absolute atomic E-state index is 13.2. The Morgan fingerprint density at radius 3 is 1.73 bits per heavy atom. The van der Waals surface area contributed by atoms with Crippen molar-refractivity contribution in [1.82, 2.24) is 16.0 Å². The second-order valence-electron chi connectivity index (χ2n) is 9.38. The molecule has 6 rings (SSSR count). The van der Waals surface area contributed by atoms with Crippen molar-refractivity contribution >= 4 is 0 Å². The zero-order chi connectivity index (χ0) is 21.1. The lowest BCUT2D eigenvalue weighted by atomic mass is 9.75. The van der Waals surface area contributed by atoms with Gasteiger partial charge < -0.3 is 30.2 Å². The van der Waals surface area contributed by atoms with E-state index in [-0.39, 0.29) is 18.1 Å². The van der Waals surface area contributed by atoms with Crippen molar-refractivity contribution in [2.24, 2.45) is 0 Å². The van der Waals surface area contributed by atoms with Crippen LogP contribution in [0.3, 0.4) is 0 Å². The summed E-state index contributed by atoms with van der Waals surface area (Å²) in [4.78, 5) is 0. The number of hydrogen-bond acceptors (Lipinski definition) is 6. The number of ether oxygens (including phenoxy) is 3. The van der Waals surface area contributed by atoms with E-state index in [1.54, 1.807) is 0 Å². The molecule has 2 atom stereocenters. The van der Waals surface area contributed by atoms with Gasteiger partial charge >= 0.3 is 0 Å². The fraction of sp³-hybridized carbons (Fsp3) is 1.00. The molecule has 0 aromatic rings. The Hall–Kier alpha value is -0.450. The van der Waals surface area contributed by atoms with Crippen LogP contribution in [-0.2, 0) is 14.2 Å². The molecule has 3 saturated carbocycles. The average molecular weight is 436 g/mol. The third kappa shape index (κ3) is 4.96. The number of rotatable bonds is 1. The smallest absolute Gasteiger partial charge is 0.277 e. The van der Waals surface area contributed by atoms with E-state index in [0.29, 0.717) is 52.1 Å².